The number of rotatable bonds is 5. The third kappa shape index (κ3) is 4.93. The molecule has 0 bridgehead atoms. The molecule has 4 nitrogen and oxygen atoms in total. The summed E-state index contributed by atoms with van der Waals surface area (Å²) in [4.78, 5) is 11.9. The van der Waals surface area contributed by atoms with Crippen LogP contribution in [0.25, 0.3) is 0 Å². The van der Waals surface area contributed by atoms with Crippen molar-refractivity contribution < 1.29 is 9.53 Å². The molecule has 0 spiro atoms. The van der Waals surface area contributed by atoms with E-state index in [1.54, 1.807) is 7.11 Å². The van der Waals surface area contributed by atoms with Crippen LogP contribution in [0.15, 0.2) is 48.5 Å². The molecule has 4 heteroatoms. The van der Waals surface area contributed by atoms with Crippen molar-refractivity contribution in [1.29, 1.82) is 0 Å². The highest BCUT2D eigenvalue weighted by atomic mass is 16.5. The molecule has 0 saturated carbocycles. The molecule has 0 aliphatic carbocycles. The molecular formula is C17H20N2O2. The van der Waals surface area contributed by atoms with Gasteiger partial charge in [-0.15, -0.1) is 0 Å². The first-order valence-electron chi connectivity index (χ1n) is 6.85. The fourth-order valence-corrected chi connectivity index (χ4v) is 1.97. The molecule has 0 aliphatic heterocycles. The summed E-state index contributed by atoms with van der Waals surface area (Å²) in [5, 5.41) is 5.65. The lowest BCUT2D eigenvalue weighted by Gasteiger charge is -2.09. The maximum absolute atomic E-state index is 11.9. The van der Waals surface area contributed by atoms with Gasteiger partial charge < -0.3 is 15.4 Å². The number of hydrogen-bond acceptors (Lipinski definition) is 2. The Kier molecular flexibility index (Phi) is 5.35. The minimum atomic E-state index is -0.217. The molecule has 21 heavy (non-hydrogen) atoms. The summed E-state index contributed by atoms with van der Waals surface area (Å²) in [5.41, 5.74) is 4.06. The second-order valence-electron chi connectivity index (χ2n) is 4.93. The highest BCUT2D eigenvalue weighted by Gasteiger charge is 2.02. The van der Waals surface area contributed by atoms with E-state index >= 15 is 0 Å². The van der Waals surface area contributed by atoms with E-state index < -0.39 is 0 Å². The Morgan fingerprint density at radius 3 is 2.57 bits per heavy atom. The molecule has 0 heterocycles. The van der Waals surface area contributed by atoms with Gasteiger partial charge in [0.05, 0.1) is 6.61 Å². The van der Waals surface area contributed by atoms with Gasteiger partial charge in [-0.25, -0.2) is 4.79 Å². The van der Waals surface area contributed by atoms with Crippen LogP contribution < -0.4 is 10.6 Å². The number of benzene rings is 2. The van der Waals surface area contributed by atoms with Gasteiger partial charge >= 0.3 is 6.03 Å². The van der Waals surface area contributed by atoms with Crippen LogP contribution in [0.2, 0.25) is 0 Å². The highest BCUT2D eigenvalue weighted by molar-refractivity contribution is 5.89. The van der Waals surface area contributed by atoms with Crippen molar-refractivity contribution in [2.24, 2.45) is 0 Å². The second-order valence-corrected chi connectivity index (χ2v) is 4.93. The third-order valence-corrected chi connectivity index (χ3v) is 3.07. The van der Waals surface area contributed by atoms with E-state index in [1.165, 1.54) is 5.56 Å². The predicted molar refractivity (Wildman–Crippen MR) is 84.2 cm³/mol. The van der Waals surface area contributed by atoms with Gasteiger partial charge in [0.1, 0.15) is 0 Å². The number of carbonyl (C=O) groups excluding carboxylic acids is 1. The Morgan fingerprint density at radius 2 is 1.86 bits per heavy atom. The van der Waals surface area contributed by atoms with Crippen molar-refractivity contribution >= 4 is 11.7 Å². The van der Waals surface area contributed by atoms with Crippen LogP contribution in [-0.4, -0.2) is 13.1 Å². The number of aryl methyl sites for hydroxylation is 1. The molecule has 2 aromatic rings. The van der Waals surface area contributed by atoms with Gasteiger partial charge in [-0.05, 0) is 30.2 Å². The summed E-state index contributed by atoms with van der Waals surface area (Å²) >= 11 is 0. The summed E-state index contributed by atoms with van der Waals surface area (Å²) in [5.74, 6) is 0. The van der Waals surface area contributed by atoms with Crippen molar-refractivity contribution in [2.75, 3.05) is 12.4 Å². The molecule has 110 valence electrons. The summed E-state index contributed by atoms with van der Waals surface area (Å²) in [7, 11) is 1.65. The van der Waals surface area contributed by atoms with Crippen LogP contribution in [0.3, 0.4) is 0 Å². The average Bonchev–Trinajstić information content (AvgIpc) is 2.47. The summed E-state index contributed by atoms with van der Waals surface area (Å²) in [6.45, 7) is 3.07. The van der Waals surface area contributed by atoms with E-state index in [0.29, 0.717) is 13.2 Å². The fourth-order valence-electron chi connectivity index (χ4n) is 1.97. The first-order valence-corrected chi connectivity index (χ1v) is 6.85. The van der Waals surface area contributed by atoms with E-state index in [4.69, 9.17) is 4.74 Å². The number of ether oxygens (including phenoxy) is 1. The normalized spacial score (nSPS) is 10.2. The van der Waals surface area contributed by atoms with Gasteiger partial charge in [0.25, 0.3) is 0 Å². The molecular weight excluding hydrogens is 264 g/mol. The minimum Gasteiger partial charge on any atom is -0.380 e. The Bertz CT molecular complexity index is 594. The molecule has 0 saturated heterocycles. The molecule has 2 N–H and O–H groups in total. The topological polar surface area (TPSA) is 50.4 Å². The van der Waals surface area contributed by atoms with E-state index in [-0.39, 0.29) is 6.03 Å². The van der Waals surface area contributed by atoms with Crippen LogP contribution in [0.4, 0.5) is 10.5 Å². The number of nitrogens with one attached hydrogen (secondary N) is 2. The smallest absolute Gasteiger partial charge is 0.319 e. The molecule has 0 unspecified atom stereocenters. The van der Waals surface area contributed by atoms with Crippen molar-refractivity contribution in [2.45, 2.75) is 20.1 Å². The van der Waals surface area contributed by atoms with Crippen molar-refractivity contribution in [1.82, 2.24) is 5.32 Å². The number of amides is 2. The summed E-state index contributed by atoms with van der Waals surface area (Å²) in [6, 6.07) is 15.5. The Labute approximate surface area is 125 Å². The van der Waals surface area contributed by atoms with Crippen molar-refractivity contribution in [3.63, 3.8) is 0 Å². The Hall–Kier alpha value is -2.33. The van der Waals surface area contributed by atoms with Crippen LogP contribution in [0.1, 0.15) is 16.7 Å². The zero-order valence-electron chi connectivity index (χ0n) is 12.3. The SMILES string of the molecule is COCc1cccc(NC(=O)NCc2ccc(C)cc2)c1. The van der Waals surface area contributed by atoms with Gasteiger partial charge in [-0.2, -0.15) is 0 Å². The number of anilines is 1. The number of hydrogen-bond donors (Lipinski definition) is 2. The van der Waals surface area contributed by atoms with Crippen LogP contribution in [-0.2, 0) is 17.9 Å². The molecule has 2 aromatic carbocycles. The largest absolute Gasteiger partial charge is 0.380 e. The predicted octanol–water partition coefficient (Wildman–Crippen LogP) is 3.46. The average molecular weight is 284 g/mol. The first-order chi connectivity index (χ1) is 10.2. The highest BCUT2D eigenvalue weighted by Crippen LogP contribution is 2.11. The molecule has 0 aromatic heterocycles. The molecule has 0 fully saturated rings. The van der Waals surface area contributed by atoms with Gasteiger partial charge in [0, 0.05) is 19.3 Å². The van der Waals surface area contributed by atoms with E-state index in [9.17, 15) is 4.79 Å². The molecule has 0 atom stereocenters. The molecule has 2 amide bonds. The molecule has 0 radical (unpaired) electrons. The minimum absolute atomic E-state index is 0.217. The lowest BCUT2D eigenvalue weighted by atomic mass is 10.1. The Balaban J connectivity index is 1.86. The zero-order valence-corrected chi connectivity index (χ0v) is 12.3. The van der Waals surface area contributed by atoms with Crippen LogP contribution >= 0.6 is 0 Å². The maximum atomic E-state index is 11.9. The maximum Gasteiger partial charge on any atom is 0.319 e. The first kappa shape index (κ1) is 15.1. The standard InChI is InChI=1S/C17H20N2O2/c1-13-6-8-14(9-7-13)11-18-17(20)19-16-5-3-4-15(10-16)12-21-2/h3-10H,11-12H2,1-2H3,(H2,18,19,20). The lowest BCUT2D eigenvalue weighted by Crippen LogP contribution is -2.28. The molecule has 0 aliphatic rings. The third-order valence-electron chi connectivity index (χ3n) is 3.07. The van der Waals surface area contributed by atoms with Gasteiger partial charge in [0.15, 0.2) is 0 Å². The number of urea groups is 1. The monoisotopic (exact) mass is 284 g/mol. The van der Waals surface area contributed by atoms with E-state index in [1.807, 2.05) is 55.5 Å². The number of methoxy groups -OCH3 is 1. The molecule has 2 rings (SSSR count). The summed E-state index contributed by atoms with van der Waals surface area (Å²) < 4.78 is 5.07. The van der Waals surface area contributed by atoms with Crippen molar-refractivity contribution in [3.05, 3.63) is 65.2 Å². The van der Waals surface area contributed by atoms with E-state index in [0.717, 1.165) is 16.8 Å². The lowest BCUT2D eigenvalue weighted by molar-refractivity contribution is 0.185. The van der Waals surface area contributed by atoms with E-state index in [2.05, 4.69) is 10.6 Å². The van der Waals surface area contributed by atoms with Gasteiger partial charge in [0.2, 0.25) is 0 Å². The zero-order chi connectivity index (χ0) is 15.1. The summed E-state index contributed by atoms with van der Waals surface area (Å²) in [6.07, 6.45) is 0. The fraction of sp³-hybridized carbons (Fsp3) is 0.235. The quantitative estimate of drug-likeness (QED) is 0.883. The van der Waals surface area contributed by atoms with Crippen molar-refractivity contribution in [3.8, 4) is 0 Å². The van der Waals surface area contributed by atoms with Crippen LogP contribution in [0, 0.1) is 6.92 Å². The number of carbonyl (C=O) groups is 1. The second kappa shape index (κ2) is 7.45. The van der Waals surface area contributed by atoms with Gasteiger partial charge in [-0.1, -0.05) is 42.0 Å². The van der Waals surface area contributed by atoms with Crippen LogP contribution in [0.5, 0.6) is 0 Å². The van der Waals surface area contributed by atoms with Gasteiger partial charge in [-0.3, -0.25) is 0 Å². The Morgan fingerprint density at radius 1 is 1.10 bits per heavy atom.